The Balaban J connectivity index is 1.88. The molecule has 0 aromatic heterocycles. The van der Waals surface area contributed by atoms with Crippen LogP contribution in [0.25, 0.3) is 0 Å². The third-order valence-electron chi connectivity index (χ3n) is 5.38. The fourth-order valence-electron chi connectivity index (χ4n) is 4.23. The second kappa shape index (κ2) is 6.59. The average molecular weight is 333 g/mol. The van der Waals surface area contributed by atoms with Gasteiger partial charge in [-0.15, -0.1) is 0 Å². The van der Waals surface area contributed by atoms with Crippen LogP contribution in [0.5, 0.6) is 0 Å². The number of carbonyl (C=O) groups is 1. The molecule has 1 aliphatic carbocycles. The summed E-state index contributed by atoms with van der Waals surface area (Å²) in [6.07, 6.45) is 1.90. The van der Waals surface area contributed by atoms with Crippen molar-refractivity contribution in [2.24, 2.45) is 10.4 Å². The molecule has 0 bridgehead atoms. The van der Waals surface area contributed by atoms with E-state index in [9.17, 15) is 4.79 Å². The van der Waals surface area contributed by atoms with Gasteiger partial charge in [0.25, 0.3) is 0 Å². The SMILES string of the molecule is CC(=NCC(=O)[C@]1(C)CC(C)(C)Cc2ccccc21)c1ccccc1. The zero-order chi connectivity index (χ0) is 18.1. The van der Waals surface area contributed by atoms with Crippen LogP contribution in [0.3, 0.4) is 0 Å². The summed E-state index contributed by atoms with van der Waals surface area (Å²) < 4.78 is 0. The van der Waals surface area contributed by atoms with E-state index < -0.39 is 5.41 Å². The second-order valence-electron chi connectivity index (χ2n) is 8.20. The number of rotatable bonds is 4. The van der Waals surface area contributed by atoms with Gasteiger partial charge >= 0.3 is 0 Å². The van der Waals surface area contributed by atoms with E-state index in [1.54, 1.807) is 0 Å². The monoisotopic (exact) mass is 333 g/mol. The minimum absolute atomic E-state index is 0.122. The first-order chi connectivity index (χ1) is 11.8. The molecule has 3 rings (SSSR count). The van der Waals surface area contributed by atoms with Crippen molar-refractivity contribution in [2.75, 3.05) is 6.54 Å². The van der Waals surface area contributed by atoms with Gasteiger partial charge in [0.15, 0.2) is 5.78 Å². The third-order valence-corrected chi connectivity index (χ3v) is 5.38. The number of hydrogen-bond acceptors (Lipinski definition) is 2. The van der Waals surface area contributed by atoms with Gasteiger partial charge in [-0.25, -0.2) is 0 Å². The predicted octanol–water partition coefficient (Wildman–Crippen LogP) is 5.00. The Morgan fingerprint density at radius 2 is 1.64 bits per heavy atom. The fraction of sp³-hybridized carbons (Fsp3) is 0.391. The lowest BCUT2D eigenvalue weighted by Crippen LogP contribution is -2.43. The molecule has 0 amide bonds. The number of nitrogens with zero attached hydrogens (tertiary/aromatic N) is 1. The first kappa shape index (κ1) is 17.6. The number of benzene rings is 2. The van der Waals surface area contributed by atoms with Crippen LogP contribution < -0.4 is 0 Å². The zero-order valence-electron chi connectivity index (χ0n) is 15.7. The van der Waals surface area contributed by atoms with Crippen molar-refractivity contribution in [1.82, 2.24) is 0 Å². The Morgan fingerprint density at radius 1 is 1.00 bits per heavy atom. The quantitative estimate of drug-likeness (QED) is 0.724. The van der Waals surface area contributed by atoms with Crippen LogP contribution in [0.4, 0.5) is 0 Å². The Kier molecular flexibility index (Phi) is 4.64. The highest BCUT2D eigenvalue weighted by atomic mass is 16.1. The van der Waals surface area contributed by atoms with Gasteiger partial charge < -0.3 is 0 Å². The van der Waals surface area contributed by atoms with Crippen LogP contribution in [-0.2, 0) is 16.6 Å². The molecular weight excluding hydrogens is 306 g/mol. The molecule has 0 radical (unpaired) electrons. The number of carbonyl (C=O) groups excluding carboxylic acids is 1. The molecule has 0 saturated carbocycles. The van der Waals surface area contributed by atoms with Gasteiger partial charge in [0, 0.05) is 5.71 Å². The normalized spacial score (nSPS) is 22.3. The van der Waals surface area contributed by atoms with E-state index in [1.807, 2.05) is 43.3 Å². The molecule has 0 unspecified atom stereocenters. The van der Waals surface area contributed by atoms with E-state index in [1.165, 1.54) is 11.1 Å². The molecule has 130 valence electrons. The number of hydrogen-bond donors (Lipinski definition) is 0. The van der Waals surface area contributed by atoms with Crippen molar-refractivity contribution in [2.45, 2.75) is 46.0 Å². The van der Waals surface area contributed by atoms with E-state index in [-0.39, 0.29) is 17.7 Å². The maximum atomic E-state index is 13.2. The summed E-state index contributed by atoms with van der Waals surface area (Å²) in [4.78, 5) is 17.8. The van der Waals surface area contributed by atoms with Crippen molar-refractivity contribution in [1.29, 1.82) is 0 Å². The number of Topliss-reactive ketones (excluding diaryl/α,β-unsaturated/α-hetero) is 1. The molecule has 25 heavy (non-hydrogen) atoms. The highest BCUT2D eigenvalue weighted by Crippen LogP contribution is 2.46. The fourth-order valence-corrected chi connectivity index (χ4v) is 4.23. The summed E-state index contributed by atoms with van der Waals surface area (Å²) in [5.74, 6) is 0.211. The van der Waals surface area contributed by atoms with Crippen LogP contribution in [0, 0.1) is 5.41 Å². The van der Waals surface area contributed by atoms with Gasteiger partial charge in [-0.05, 0) is 48.8 Å². The Hall–Kier alpha value is -2.22. The summed E-state index contributed by atoms with van der Waals surface area (Å²) in [6, 6.07) is 18.5. The summed E-state index contributed by atoms with van der Waals surface area (Å²) in [7, 11) is 0. The average Bonchev–Trinajstić information content (AvgIpc) is 2.59. The largest absolute Gasteiger partial charge is 0.297 e. The maximum absolute atomic E-state index is 13.2. The van der Waals surface area contributed by atoms with Crippen molar-refractivity contribution in [3.63, 3.8) is 0 Å². The number of aliphatic imine (C=N–C) groups is 1. The molecule has 0 heterocycles. The maximum Gasteiger partial charge on any atom is 0.164 e. The lowest BCUT2D eigenvalue weighted by Gasteiger charge is -2.43. The second-order valence-corrected chi connectivity index (χ2v) is 8.20. The van der Waals surface area contributed by atoms with Crippen molar-refractivity contribution >= 4 is 11.5 Å². The molecule has 1 aliphatic rings. The molecule has 0 spiro atoms. The molecule has 0 saturated heterocycles. The van der Waals surface area contributed by atoms with Crippen molar-refractivity contribution < 1.29 is 4.79 Å². The molecule has 2 aromatic carbocycles. The van der Waals surface area contributed by atoms with Crippen LogP contribution >= 0.6 is 0 Å². The van der Waals surface area contributed by atoms with Gasteiger partial charge in [-0.2, -0.15) is 0 Å². The minimum atomic E-state index is -0.460. The number of fused-ring (bicyclic) bond motifs is 1. The topological polar surface area (TPSA) is 29.4 Å². The van der Waals surface area contributed by atoms with Gasteiger partial charge in [0.05, 0.1) is 12.0 Å². The van der Waals surface area contributed by atoms with Crippen molar-refractivity contribution in [3.05, 3.63) is 71.3 Å². The molecular formula is C23H27NO. The van der Waals surface area contributed by atoms with Crippen LogP contribution in [0.1, 0.15) is 50.8 Å². The Bertz CT molecular complexity index is 804. The summed E-state index contributed by atoms with van der Waals surface area (Å²) >= 11 is 0. The number of ketones is 1. The van der Waals surface area contributed by atoms with Gasteiger partial charge in [-0.1, -0.05) is 68.4 Å². The molecule has 1 atom stereocenters. The highest BCUT2D eigenvalue weighted by molar-refractivity contribution is 6.01. The lowest BCUT2D eigenvalue weighted by atomic mass is 9.60. The lowest BCUT2D eigenvalue weighted by molar-refractivity contribution is -0.124. The summed E-state index contributed by atoms with van der Waals surface area (Å²) in [5, 5.41) is 0. The first-order valence-corrected chi connectivity index (χ1v) is 9.00. The van der Waals surface area contributed by atoms with Gasteiger partial charge in [0.1, 0.15) is 0 Å². The molecule has 0 aliphatic heterocycles. The minimum Gasteiger partial charge on any atom is -0.297 e. The van der Waals surface area contributed by atoms with Crippen LogP contribution in [-0.4, -0.2) is 18.0 Å². The molecule has 2 heteroatoms. The predicted molar refractivity (Wildman–Crippen MR) is 104 cm³/mol. The standard InChI is InChI=1S/C23H27NO/c1-17(18-10-6-5-7-11-18)24-15-21(25)23(4)16-22(2,3)14-19-12-8-9-13-20(19)23/h5-13H,14-16H2,1-4H3/t23-/m1/s1. The van der Waals surface area contributed by atoms with E-state index in [0.29, 0.717) is 0 Å². The highest BCUT2D eigenvalue weighted by Gasteiger charge is 2.44. The smallest absolute Gasteiger partial charge is 0.164 e. The Morgan fingerprint density at radius 3 is 2.36 bits per heavy atom. The molecule has 0 N–H and O–H groups in total. The first-order valence-electron chi connectivity index (χ1n) is 9.00. The van der Waals surface area contributed by atoms with E-state index in [2.05, 4.69) is 44.0 Å². The van der Waals surface area contributed by atoms with E-state index in [0.717, 1.165) is 24.1 Å². The van der Waals surface area contributed by atoms with E-state index in [4.69, 9.17) is 0 Å². The third kappa shape index (κ3) is 3.58. The molecule has 0 fully saturated rings. The molecule has 2 nitrogen and oxygen atoms in total. The molecule has 2 aromatic rings. The van der Waals surface area contributed by atoms with Crippen LogP contribution in [0.15, 0.2) is 59.6 Å². The van der Waals surface area contributed by atoms with Crippen molar-refractivity contribution in [3.8, 4) is 0 Å². The zero-order valence-corrected chi connectivity index (χ0v) is 15.7. The van der Waals surface area contributed by atoms with Crippen LogP contribution in [0.2, 0.25) is 0 Å². The van der Waals surface area contributed by atoms with E-state index >= 15 is 0 Å². The van der Waals surface area contributed by atoms with Gasteiger partial charge in [0.2, 0.25) is 0 Å². The summed E-state index contributed by atoms with van der Waals surface area (Å²) in [6.45, 7) is 8.83. The Labute approximate surface area is 151 Å². The van der Waals surface area contributed by atoms with Gasteiger partial charge in [-0.3, -0.25) is 9.79 Å². The summed E-state index contributed by atoms with van der Waals surface area (Å²) in [5.41, 5.74) is 4.14.